The minimum absolute atomic E-state index is 0.230. The molecule has 0 bridgehead atoms. The number of pyridine rings is 1. The van der Waals surface area contributed by atoms with Gasteiger partial charge >= 0.3 is 5.97 Å². The van der Waals surface area contributed by atoms with E-state index in [2.05, 4.69) is 25.0 Å². The molecule has 0 saturated heterocycles. The molecule has 0 aromatic carbocycles. The van der Waals surface area contributed by atoms with Gasteiger partial charge in [-0.2, -0.15) is 0 Å². The van der Waals surface area contributed by atoms with Crippen LogP contribution in [-0.4, -0.2) is 33.9 Å². The number of carbonyl (C=O) groups is 2. The second-order valence-corrected chi connectivity index (χ2v) is 6.19. The van der Waals surface area contributed by atoms with Crippen molar-refractivity contribution in [3.8, 4) is 11.3 Å². The number of ether oxygens (including phenoxy) is 1. The van der Waals surface area contributed by atoms with Gasteiger partial charge < -0.3 is 15.0 Å². The third kappa shape index (κ3) is 3.74. The molecule has 3 aromatic rings. The zero-order valence-electron chi connectivity index (χ0n) is 13.6. The quantitative estimate of drug-likeness (QED) is 0.685. The van der Waals surface area contributed by atoms with E-state index in [1.165, 1.54) is 30.7 Å². The van der Waals surface area contributed by atoms with Crippen LogP contribution in [0, 0.1) is 0 Å². The molecule has 25 heavy (non-hydrogen) atoms. The van der Waals surface area contributed by atoms with E-state index in [9.17, 15) is 9.59 Å². The van der Waals surface area contributed by atoms with Gasteiger partial charge in [-0.25, -0.2) is 9.78 Å². The molecule has 0 aliphatic rings. The van der Waals surface area contributed by atoms with Gasteiger partial charge in [-0.15, -0.1) is 11.3 Å². The van der Waals surface area contributed by atoms with Gasteiger partial charge in [-0.1, -0.05) is 0 Å². The number of carbonyl (C=O) groups excluding carboxylic acids is 2. The van der Waals surface area contributed by atoms with Crippen molar-refractivity contribution in [2.45, 2.75) is 13.0 Å². The Bertz CT molecular complexity index is 888. The van der Waals surface area contributed by atoms with Crippen molar-refractivity contribution in [1.82, 2.24) is 20.3 Å². The lowest BCUT2D eigenvalue weighted by Gasteiger charge is -2.10. The molecule has 0 radical (unpaired) electrons. The van der Waals surface area contributed by atoms with Crippen molar-refractivity contribution >= 4 is 23.2 Å². The summed E-state index contributed by atoms with van der Waals surface area (Å²) in [6, 6.07) is 4.98. The molecule has 0 spiro atoms. The number of rotatable bonds is 5. The predicted molar refractivity (Wildman–Crippen MR) is 93.4 cm³/mol. The van der Waals surface area contributed by atoms with E-state index in [-0.39, 0.29) is 17.6 Å². The van der Waals surface area contributed by atoms with Gasteiger partial charge in [0.25, 0.3) is 5.91 Å². The molecule has 0 fully saturated rings. The highest BCUT2D eigenvalue weighted by molar-refractivity contribution is 7.10. The summed E-state index contributed by atoms with van der Waals surface area (Å²) in [4.78, 5) is 35.1. The standard InChI is InChI=1S/C17H16N4O3S/c1-10(16-21-14(9-25-16)11-4-3-5-18-7-11)20-15(22)12-6-13(19-8-12)17(23)24-2/h3-10,19H,1-2H3,(H,20,22). The summed E-state index contributed by atoms with van der Waals surface area (Å²) >= 11 is 1.47. The Labute approximate surface area is 148 Å². The number of nitrogens with one attached hydrogen (secondary N) is 2. The molecule has 0 aliphatic heterocycles. The summed E-state index contributed by atoms with van der Waals surface area (Å²) in [6.07, 6.45) is 4.92. The third-order valence-electron chi connectivity index (χ3n) is 3.55. The summed E-state index contributed by atoms with van der Waals surface area (Å²) in [5.74, 6) is -0.815. The Morgan fingerprint density at radius 2 is 2.24 bits per heavy atom. The first-order chi connectivity index (χ1) is 12.1. The Balaban J connectivity index is 1.69. The van der Waals surface area contributed by atoms with Crippen molar-refractivity contribution in [2.75, 3.05) is 7.11 Å². The SMILES string of the molecule is COC(=O)c1cc(C(=O)NC(C)c2nc(-c3cccnc3)cs2)c[nH]1. The van der Waals surface area contributed by atoms with Crippen LogP contribution in [0.4, 0.5) is 0 Å². The first-order valence-corrected chi connectivity index (χ1v) is 8.40. The molecule has 1 atom stereocenters. The Morgan fingerprint density at radius 3 is 2.96 bits per heavy atom. The average Bonchev–Trinajstić information content (AvgIpc) is 3.31. The van der Waals surface area contributed by atoms with Crippen LogP contribution in [0.25, 0.3) is 11.3 Å². The zero-order valence-corrected chi connectivity index (χ0v) is 14.5. The molecule has 128 valence electrons. The minimum Gasteiger partial charge on any atom is -0.464 e. The van der Waals surface area contributed by atoms with Crippen molar-refractivity contribution in [3.05, 3.63) is 58.4 Å². The Kier molecular flexibility index (Phi) is 4.90. The molecule has 7 nitrogen and oxygen atoms in total. The molecule has 3 heterocycles. The van der Waals surface area contributed by atoms with Gasteiger partial charge in [0.2, 0.25) is 0 Å². The summed E-state index contributed by atoms with van der Waals surface area (Å²) in [5, 5.41) is 5.59. The number of hydrogen-bond acceptors (Lipinski definition) is 6. The molecule has 2 N–H and O–H groups in total. The normalized spacial score (nSPS) is 11.8. The number of nitrogens with zero attached hydrogens (tertiary/aromatic N) is 2. The molecule has 8 heteroatoms. The van der Waals surface area contributed by atoms with Crippen LogP contribution < -0.4 is 5.32 Å². The fourth-order valence-corrected chi connectivity index (χ4v) is 3.06. The first-order valence-electron chi connectivity index (χ1n) is 7.52. The van der Waals surface area contributed by atoms with Gasteiger partial charge in [0.05, 0.1) is 24.4 Å². The lowest BCUT2D eigenvalue weighted by Crippen LogP contribution is -2.26. The molecule has 3 aromatic heterocycles. The molecule has 0 aliphatic carbocycles. The molecule has 0 saturated carbocycles. The third-order valence-corrected chi connectivity index (χ3v) is 4.58. The van der Waals surface area contributed by atoms with Gasteiger partial charge in [-0.3, -0.25) is 9.78 Å². The Morgan fingerprint density at radius 1 is 1.40 bits per heavy atom. The first kappa shape index (κ1) is 16.8. The van der Waals surface area contributed by atoms with Crippen molar-refractivity contribution in [1.29, 1.82) is 0 Å². The largest absolute Gasteiger partial charge is 0.464 e. The van der Waals surface area contributed by atoms with Gasteiger partial charge in [0, 0.05) is 29.5 Å². The average molecular weight is 356 g/mol. The van der Waals surface area contributed by atoms with Gasteiger partial charge in [-0.05, 0) is 25.1 Å². The number of amides is 1. The number of H-pyrrole nitrogens is 1. The van der Waals surface area contributed by atoms with Crippen molar-refractivity contribution in [3.63, 3.8) is 0 Å². The maximum Gasteiger partial charge on any atom is 0.354 e. The number of aromatic amines is 1. The van der Waals surface area contributed by atoms with Gasteiger partial charge in [0.1, 0.15) is 10.7 Å². The highest BCUT2D eigenvalue weighted by atomic mass is 32.1. The van der Waals surface area contributed by atoms with E-state index < -0.39 is 5.97 Å². The van der Waals surface area contributed by atoms with E-state index in [1.54, 1.807) is 12.4 Å². The van der Waals surface area contributed by atoms with Gasteiger partial charge in [0.15, 0.2) is 0 Å². The van der Waals surface area contributed by atoms with Crippen LogP contribution >= 0.6 is 11.3 Å². The van der Waals surface area contributed by atoms with Crippen LogP contribution in [0.2, 0.25) is 0 Å². The Hall–Kier alpha value is -3.00. The monoisotopic (exact) mass is 356 g/mol. The number of thiazole rings is 1. The summed E-state index contributed by atoms with van der Waals surface area (Å²) in [6.45, 7) is 1.86. The number of aromatic nitrogens is 3. The molecular formula is C17H16N4O3S. The zero-order chi connectivity index (χ0) is 17.8. The molecule has 1 amide bonds. The summed E-state index contributed by atoms with van der Waals surface area (Å²) in [5.41, 5.74) is 2.34. The smallest absolute Gasteiger partial charge is 0.354 e. The number of hydrogen-bond donors (Lipinski definition) is 2. The van der Waals surface area contributed by atoms with E-state index in [0.717, 1.165) is 16.3 Å². The minimum atomic E-state index is -0.520. The maximum absolute atomic E-state index is 12.3. The molecule has 1 unspecified atom stereocenters. The lowest BCUT2D eigenvalue weighted by atomic mass is 10.2. The molecule has 3 rings (SSSR count). The van der Waals surface area contributed by atoms with Crippen LogP contribution in [0.5, 0.6) is 0 Å². The second kappa shape index (κ2) is 7.27. The van der Waals surface area contributed by atoms with E-state index in [4.69, 9.17) is 0 Å². The van der Waals surface area contributed by atoms with E-state index in [1.807, 2.05) is 24.4 Å². The fraction of sp³-hybridized carbons (Fsp3) is 0.176. The van der Waals surface area contributed by atoms with Crippen molar-refractivity contribution < 1.29 is 14.3 Å². The van der Waals surface area contributed by atoms with Crippen molar-refractivity contribution in [2.24, 2.45) is 0 Å². The van der Waals surface area contributed by atoms with Crippen LogP contribution in [-0.2, 0) is 4.74 Å². The van der Waals surface area contributed by atoms with Crippen LogP contribution in [0.3, 0.4) is 0 Å². The predicted octanol–water partition coefficient (Wildman–Crippen LogP) is 2.81. The van der Waals surface area contributed by atoms with E-state index >= 15 is 0 Å². The number of esters is 1. The topological polar surface area (TPSA) is 97.0 Å². The highest BCUT2D eigenvalue weighted by Crippen LogP contribution is 2.25. The van der Waals surface area contributed by atoms with E-state index in [0.29, 0.717) is 5.56 Å². The second-order valence-electron chi connectivity index (χ2n) is 5.30. The summed E-state index contributed by atoms with van der Waals surface area (Å²) in [7, 11) is 1.29. The maximum atomic E-state index is 12.3. The lowest BCUT2D eigenvalue weighted by molar-refractivity contribution is 0.0595. The summed E-state index contributed by atoms with van der Waals surface area (Å²) < 4.78 is 4.61. The fourth-order valence-electron chi connectivity index (χ4n) is 2.23. The number of methoxy groups -OCH3 is 1. The van der Waals surface area contributed by atoms with Crippen LogP contribution in [0.15, 0.2) is 42.2 Å². The highest BCUT2D eigenvalue weighted by Gasteiger charge is 2.18. The molecular weight excluding hydrogens is 340 g/mol. The van der Waals surface area contributed by atoms with Crippen LogP contribution in [0.1, 0.15) is 38.8 Å².